The van der Waals surface area contributed by atoms with Gasteiger partial charge in [0.2, 0.25) is 0 Å². The van der Waals surface area contributed by atoms with Crippen molar-refractivity contribution in [2.24, 2.45) is 11.7 Å². The lowest BCUT2D eigenvalue weighted by atomic mass is 9.94. The van der Waals surface area contributed by atoms with Crippen molar-refractivity contribution in [3.63, 3.8) is 0 Å². The van der Waals surface area contributed by atoms with Crippen LogP contribution in [-0.2, 0) is 33.7 Å². The summed E-state index contributed by atoms with van der Waals surface area (Å²) in [5.74, 6) is 8.40. The minimum absolute atomic E-state index is 0.00830. The number of benzene rings is 3. The van der Waals surface area contributed by atoms with Crippen LogP contribution in [0.2, 0.25) is 0 Å². The summed E-state index contributed by atoms with van der Waals surface area (Å²) in [6.45, 7) is 5.14. The van der Waals surface area contributed by atoms with Crippen molar-refractivity contribution in [1.29, 1.82) is 0 Å². The number of nitrogens with two attached hydrogens (primary N) is 2. The zero-order valence-corrected chi connectivity index (χ0v) is 21.6. The maximum atomic E-state index is 13.3. The van der Waals surface area contributed by atoms with E-state index in [1.54, 1.807) is 20.8 Å². The zero-order chi connectivity index (χ0) is 27.6. The third kappa shape index (κ3) is 5.75. The second-order valence-electron chi connectivity index (χ2n) is 10.2. The van der Waals surface area contributed by atoms with Crippen LogP contribution in [0, 0.1) is 0 Å². The number of carboxylic acids is 1. The highest BCUT2D eigenvalue weighted by atomic mass is 16.6. The van der Waals surface area contributed by atoms with E-state index in [9.17, 15) is 19.5 Å². The van der Waals surface area contributed by atoms with Crippen molar-refractivity contribution in [2.45, 2.75) is 51.9 Å². The summed E-state index contributed by atoms with van der Waals surface area (Å²) in [5, 5.41) is 10.2. The van der Waals surface area contributed by atoms with Crippen LogP contribution in [0.5, 0.6) is 0 Å². The molecule has 0 heterocycles. The maximum Gasteiger partial charge on any atom is 0.338 e. The lowest BCUT2D eigenvalue weighted by Gasteiger charge is -2.24. The monoisotopic (exact) mass is 517 g/mol. The summed E-state index contributed by atoms with van der Waals surface area (Å²) in [6.07, 6.45) is 0.417. The molecule has 4 rings (SSSR count). The third-order valence-corrected chi connectivity index (χ3v) is 6.36. The Morgan fingerprint density at radius 2 is 1.55 bits per heavy atom. The quantitative estimate of drug-likeness (QED) is 0.181. The number of fused-ring (bicyclic) bond motifs is 3. The Bertz CT molecular complexity index is 1390. The van der Waals surface area contributed by atoms with E-state index < -0.39 is 29.6 Å². The fourth-order valence-electron chi connectivity index (χ4n) is 4.62. The van der Waals surface area contributed by atoms with Crippen LogP contribution < -0.4 is 11.7 Å². The lowest BCUT2D eigenvalue weighted by Crippen LogP contribution is -2.52. The van der Waals surface area contributed by atoms with E-state index in [0.717, 1.165) is 28.7 Å². The predicted molar refractivity (Wildman–Crippen MR) is 141 cm³/mol. The number of carboxylic acid groups (broad SMARTS) is 1. The zero-order valence-electron chi connectivity index (χ0n) is 21.6. The van der Waals surface area contributed by atoms with Crippen LogP contribution in [0.15, 0.2) is 60.7 Å². The van der Waals surface area contributed by atoms with E-state index in [-0.39, 0.29) is 29.7 Å². The highest BCUT2D eigenvalue weighted by Gasteiger charge is 2.30. The van der Waals surface area contributed by atoms with Crippen LogP contribution in [0.3, 0.4) is 0 Å². The van der Waals surface area contributed by atoms with E-state index >= 15 is 0 Å². The number of carbonyl (C=O) groups excluding carboxylic acids is 2. The first kappa shape index (κ1) is 27.0. The largest absolute Gasteiger partial charge is 0.480 e. The van der Waals surface area contributed by atoms with E-state index in [2.05, 4.69) is 12.1 Å². The fourth-order valence-corrected chi connectivity index (χ4v) is 4.62. The van der Waals surface area contributed by atoms with Crippen LogP contribution in [0.1, 0.15) is 63.7 Å². The summed E-state index contributed by atoms with van der Waals surface area (Å²) in [6, 6.07) is 17.1. The normalized spacial score (nSPS) is 13.0. The average Bonchev–Trinajstić information content (AvgIpc) is 3.23. The van der Waals surface area contributed by atoms with Gasteiger partial charge in [0.15, 0.2) is 0 Å². The summed E-state index contributed by atoms with van der Waals surface area (Å²) < 4.78 is 11.2. The van der Waals surface area contributed by atoms with E-state index in [1.807, 2.05) is 30.3 Å². The maximum absolute atomic E-state index is 13.3. The van der Waals surface area contributed by atoms with Gasteiger partial charge in [0.1, 0.15) is 18.2 Å². The third-order valence-electron chi connectivity index (χ3n) is 6.36. The molecule has 0 amide bonds. The Morgan fingerprint density at radius 3 is 2.21 bits per heavy atom. The molecule has 9 nitrogen and oxygen atoms in total. The van der Waals surface area contributed by atoms with Crippen molar-refractivity contribution in [2.75, 3.05) is 0 Å². The van der Waals surface area contributed by atoms with Crippen molar-refractivity contribution < 1.29 is 29.0 Å². The van der Waals surface area contributed by atoms with Crippen LogP contribution >= 0.6 is 0 Å². The molecule has 1 atom stereocenters. The van der Waals surface area contributed by atoms with Crippen LogP contribution in [0.4, 0.5) is 0 Å². The van der Waals surface area contributed by atoms with Gasteiger partial charge in [-0.05, 0) is 72.7 Å². The molecule has 198 valence electrons. The number of ether oxygens (including phenoxy) is 2. The molecule has 0 saturated heterocycles. The van der Waals surface area contributed by atoms with E-state index in [1.165, 1.54) is 23.8 Å². The molecular formula is C29H31N3O6. The Morgan fingerprint density at radius 1 is 0.921 bits per heavy atom. The molecule has 9 heteroatoms. The minimum atomic E-state index is -1.40. The molecule has 1 aliphatic rings. The van der Waals surface area contributed by atoms with Gasteiger partial charge in [-0.2, -0.15) is 5.12 Å². The van der Waals surface area contributed by atoms with Gasteiger partial charge in [-0.3, -0.25) is 16.5 Å². The Labute approximate surface area is 220 Å². The number of aliphatic carboxylic acids is 1. The Kier molecular flexibility index (Phi) is 7.63. The standard InChI is InChI=1S/C29H31N3O6/c1-29(2,3)38-28(36)22-13-7-12-21(24(22)15-25(26(33)34)32(30)31)27(35)37-16-18-9-6-11-20-19-10-5-4-8-17(19)14-23(18)20/h4-13,25H,14-16,30-31H2,1-3H3,(H,33,34). The number of hydrazine groups is 2. The molecule has 0 aromatic heterocycles. The van der Waals surface area contributed by atoms with Crippen molar-refractivity contribution >= 4 is 17.9 Å². The molecular weight excluding hydrogens is 486 g/mol. The second kappa shape index (κ2) is 10.7. The molecule has 0 radical (unpaired) electrons. The first-order chi connectivity index (χ1) is 18.0. The molecule has 5 N–H and O–H groups in total. The van der Waals surface area contributed by atoms with Gasteiger partial charge in [-0.15, -0.1) is 0 Å². The van der Waals surface area contributed by atoms with Crippen LogP contribution in [0.25, 0.3) is 11.1 Å². The fraction of sp³-hybridized carbons (Fsp3) is 0.276. The van der Waals surface area contributed by atoms with Gasteiger partial charge >= 0.3 is 17.9 Å². The molecule has 3 aromatic rings. The number of rotatable bonds is 8. The Balaban J connectivity index is 1.64. The van der Waals surface area contributed by atoms with Crippen LogP contribution in [-0.4, -0.2) is 39.8 Å². The molecule has 1 aliphatic carbocycles. The Hall–Kier alpha value is -4.05. The molecule has 0 fully saturated rings. The van der Waals surface area contributed by atoms with Crippen molar-refractivity contribution in [3.8, 4) is 11.1 Å². The summed E-state index contributed by atoms with van der Waals surface area (Å²) in [4.78, 5) is 38.2. The van der Waals surface area contributed by atoms with E-state index in [4.69, 9.17) is 21.2 Å². The van der Waals surface area contributed by atoms with Crippen molar-refractivity contribution in [3.05, 3.63) is 94.0 Å². The van der Waals surface area contributed by atoms with Gasteiger partial charge in [-0.25, -0.2) is 9.59 Å². The highest BCUT2D eigenvalue weighted by Crippen LogP contribution is 2.38. The smallest absolute Gasteiger partial charge is 0.338 e. The summed E-state index contributed by atoms with van der Waals surface area (Å²) in [7, 11) is 0. The number of esters is 2. The number of nitrogens with zero attached hydrogens (tertiary/aromatic N) is 1. The predicted octanol–water partition coefficient (Wildman–Crippen LogP) is 3.62. The summed E-state index contributed by atoms with van der Waals surface area (Å²) >= 11 is 0. The van der Waals surface area contributed by atoms with Crippen molar-refractivity contribution in [1.82, 2.24) is 5.12 Å². The SMILES string of the molecule is CC(C)(C)OC(=O)c1cccc(C(=O)OCc2cccc3c2Cc2ccccc2-3)c1CC(C(=O)O)N(N)N. The molecule has 0 spiro atoms. The molecule has 1 unspecified atom stereocenters. The number of hydrogen-bond donors (Lipinski definition) is 3. The molecule has 0 bridgehead atoms. The van der Waals surface area contributed by atoms with Gasteiger partial charge in [-0.1, -0.05) is 48.5 Å². The lowest BCUT2D eigenvalue weighted by molar-refractivity contribution is -0.143. The summed E-state index contributed by atoms with van der Waals surface area (Å²) in [5.41, 5.74) is 4.85. The molecule has 0 saturated carbocycles. The van der Waals surface area contributed by atoms with E-state index in [0.29, 0.717) is 5.12 Å². The highest BCUT2D eigenvalue weighted by molar-refractivity contribution is 5.98. The number of carbonyl (C=O) groups is 3. The number of hydrogen-bond acceptors (Lipinski definition) is 8. The molecule has 3 aromatic carbocycles. The van der Waals surface area contributed by atoms with Gasteiger partial charge in [0, 0.05) is 6.42 Å². The first-order valence-corrected chi connectivity index (χ1v) is 12.2. The average molecular weight is 518 g/mol. The first-order valence-electron chi connectivity index (χ1n) is 12.2. The second-order valence-corrected chi connectivity index (χ2v) is 10.2. The minimum Gasteiger partial charge on any atom is -0.480 e. The van der Waals surface area contributed by atoms with Gasteiger partial charge < -0.3 is 14.6 Å². The topological polar surface area (TPSA) is 145 Å². The van der Waals surface area contributed by atoms with Gasteiger partial charge in [0.25, 0.3) is 0 Å². The molecule has 38 heavy (non-hydrogen) atoms. The van der Waals surface area contributed by atoms with Gasteiger partial charge in [0.05, 0.1) is 11.1 Å². The molecule has 0 aliphatic heterocycles.